The zero-order valence-corrected chi connectivity index (χ0v) is 21.1. The van der Waals surface area contributed by atoms with Crippen molar-refractivity contribution in [2.24, 2.45) is 13.0 Å². The third-order valence-corrected chi connectivity index (χ3v) is 8.20. The average molecular weight is 517 g/mol. The summed E-state index contributed by atoms with van der Waals surface area (Å²) >= 11 is 1.70. The molecule has 36 heavy (non-hydrogen) atoms. The maximum Gasteiger partial charge on any atom is 0.418 e. The molecule has 3 aliphatic rings. The average Bonchev–Trinajstić information content (AvgIpc) is 3.26. The van der Waals surface area contributed by atoms with Gasteiger partial charge in [-0.15, -0.1) is 10.2 Å². The third-order valence-electron chi connectivity index (χ3n) is 7.05. The van der Waals surface area contributed by atoms with E-state index in [0.29, 0.717) is 18.0 Å². The van der Waals surface area contributed by atoms with E-state index < -0.39 is 11.7 Å². The molecule has 5 rings (SSSR count). The largest absolute Gasteiger partial charge is 0.418 e. The fourth-order valence-electron chi connectivity index (χ4n) is 4.93. The van der Waals surface area contributed by atoms with Gasteiger partial charge >= 0.3 is 6.18 Å². The van der Waals surface area contributed by atoms with Crippen LogP contribution in [-0.2, 0) is 7.05 Å². The lowest BCUT2D eigenvalue weighted by Gasteiger charge is -2.33. The summed E-state index contributed by atoms with van der Waals surface area (Å²) in [6, 6.07) is 7.86. The predicted molar refractivity (Wildman–Crippen MR) is 137 cm³/mol. The van der Waals surface area contributed by atoms with Crippen molar-refractivity contribution in [3.05, 3.63) is 77.3 Å². The number of anilines is 1. The molecule has 192 valence electrons. The molecule has 1 aromatic carbocycles. The van der Waals surface area contributed by atoms with Crippen molar-refractivity contribution >= 4 is 17.6 Å². The van der Waals surface area contributed by atoms with Crippen molar-refractivity contribution in [3.8, 4) is 0 Å². The van der Waals surface area contributed by atoms with Gasteiger partial charge in [-0.2, -0.15) is 13.2 Å². The lowest BCUT2D eigenvalue weighted by atomic mass is 9.72. The zero-order valence-electron chi connectivity index (χ0n) is 20.3. The van der Waals surface area contributed by atoms with Gasteiger partial charge in [0, 0.05) is 49.9 Å². The summed E-state index contributed by atoms with van der Waals surface area (Å²) in [5.74, 6) is 2.53. The molecule has 1 aliphatic carbocycles. The van der Waals surface area contributed by atoms with Crippen molar-refractivity contribution in [1.82, 2.24) is 24.4 Å². The van der Waals surface area contributed by atoms with E-state index in [9.17, 15) is 13.2 Å². The Morgan fingerprint density at radius 2 is 2.11 bits per heavy atom. The number of allylic oxidation sites excluding steroid dienone is 1. The van der Waals surface area contributed by atoms with Crippen molar-refractivity contribution in [2.45, 2.75) is 44.2 Å². The second-order valence-electron chi connectivity index (χ2n) is 9.62. The number of hydrogen-bond donors (Lipinski definition) is 2. The minimum atomic E-state index is -4.46. The Labute approximate surface area is 213 Å². The summed E-state index contributed by atoms with van der Waals surface area (Å²) in [6.45, 7) is 1.39. The van der Waals surface area contributed by atoms with Crippen LogP contribution in [0, 0.1) is 5.92 Å². The van der Waals surface area contributed by atoms with Crippen LogP contribution in [0.5, 0.6) is 0 Å². The molecule has 1 saturated heterocycles. The van der Waals surface area contributed by atoms with Crippen molar-refractivity contribution in [1.29, 1.82) is 0 Å². The summed E-state index contributed by atoms with van der Waals surface area (Å²) in [6.07, 6.45) is 7.29. The van der Waals surface area contributed by atoms with Gasteiger partial charge in [0.1, 0.15) is 12.2 Å². The minimum absolute atomic E-state index is 0.00629. The molecule has 1 atom stereocenters. The summed E-state index contributed by atoms with van der Waals surface area (Å²) in [5, 5.41) is 14.4. The molecule has 0 radical (unpaired) electrons. The van der Waals surface area contributed by atoms with Crippen LogP contribution < -0.4 is 10.6 Å². The molecular weight excluding hydrogens is 485 g/mol. The highest BCUT2D eigenvalue weighted by Gasteiger charge is 2.37. The van der Waals surface area contributed by atoms with E-state index in [2.05, 4.69) is 31.2 Å². The second kappa shape index (κ2) is 10.7. The SMILES string of the molecule is Cn1cnnc1C(c1cccc(N/C=C2\NC=C(CN3CCCCS3)C=C2C(F)(F)F)c1)C1CCC1. The summed E-state index contributed by atoms with van der Waals surface area (Å²) in [5.41, 5.74) is 1.78. The number of aromatic nitrogens is 3. The van der Waals surface area contributed by atoms with Crippen molar-refractivity contribution in [3.63, 3.8) is 0 Å². The van der Waals surface area contributed by atoms with Crippen LogP contribution in [0.4, 0.5) is 18.9 Å². The first-order valence-corrected chi connectivity index (χ1v) is 13.4. The van der Waals surface area contributed by atoms with Crippen LogP contribution >= 0.6 is 11.9 Å². The number of halogens is 3. The topological polar surface area (TPSA) is 58.0 Å². The maximum absolute atomic E-state index is 13.9. The van der Waals surface area contributed by atoms with E-state index in [0.717, 1.165) is 55.1 Å². The van der Waals surface area contributed by atoms with Crippen LogP contribution in [0.2, 0.25) is 0 Å². The lowest BCUT2D eigenvalue weighted by molar-refractivity contribution is -0.0899. The second-order valence-corrected chi connectivity index (χ2v) is 10.8. The van der Waals surface area contributed by atoms with Gasteiger partial charge in [-0.25, -0.2) is 4.31 Å². The first kappa shape index (κ1) is 25.0. The number of aryl methyl sites for hydroxylation is 1. The maximum atomic E-state index is 13.9. The summed E-state index contributed by atoms with van der Waals surface area (Å²) < 4.78 is 45.9. The molecule has 1 aromatic heterocycles. The fourth-order valence-corrected chi connectivity index (χ4v) is 6.02. The predicted octanol–water partition coefficient (Wildman–Crippen LogP) is 5.72. The number of benzene rings is 1. The van der Waals surface area contributed by atoms with E-state index in [1.165, 1.54) is 18.7 Å². The van der Waals surface area contributed by atoms with Gasteiger partial charge in [0.2, 0.25) is 0 Å². The monoisotopic (exact) mass is 516 g/mol. The smallest absolute Gasteiger partial charge is 0.360 e. The Balaban J connectivity index is 1.34. The first-order valence-electron chi connectivity index (χ1n) is 12.4. The van der Waals surface area contributed by atoms with Crippen LogP contribution in [-0.4, -0.2) is 44.1 Å². The number of nitrogens with one attached hydrogen (secondary N) is 2. The molecule has 2 aromatic rings. The summed E-state index contributed by atoms with van der Waals surface area (Å²) in [4.78, 5) is 0. The molecular formula is C26H31F3N6S. The Hall–Kier alpha value is -2.72. The highest BCUT2D eigenvalue weighted by molar-refractivity contribution is 7.97. The van der Waals surface area contributed by atoms with Gasteiger partial charge in [-0.3, -0.25) is 0 Å². The van der Waals surface area contributed by atoms with Gasteiger partial charge in [-0.1, -0.05) is 30.5 Å². The minimum Gasteiger partial charge on any atom is -0.360 e. The standard InChI is InChI=1S/C26H31F3N6S/c1-34-17-32-33-25(34)24(19-6-4-7-19)20-8-5-9-21(13-20)30-15-23-22(26(27,28)29)12-18(14-31-23)16-35-10-2-3-11-36-35/h5,8-9,12-15,17,19,24,30-31H,2-4,6-7,10-11,16H2,1H3/b23-15-. The molecule has 6 nitrogen and oxygen atoms in total. The number of dihydropyridines is 1. The number of nitrogens with zero attached hydrogens (tertiary/aromatic N) is 4. The van der Waals surface area contributed by atoms with Gasteiger partial charge < -0.3 is 15.2 Å². The molecule has 0 amide bonds. The third kappa shape index (κ3) is 5.64. The molecule has 2 aliphatic heterocycles. The van der Waals surface area contributed by atoms with Gasteiger partial charge in [0.05, 0.1) is 11.3 Å². The Morgan fingerprint density at radius 1 is 1.25 bits per heavy atom. The van der Waals surface area contributed by atoms with Crippen LogP contribution in [0.15, 0.2) is 65.9 Å². The Morgan fingerprint density at radius 3 is 2.78 bits per heavy atom. The van der Waals surface area contributed by atoms with E-state index >= 15 is 0 Å². The molecule has 1 unspecified atom stereocenters. The zero-order chi connectivity index (χ0) is 25.1. The molecule has 0 bridgehead atoms. The van der Waals surface area contributed by atoms with E-state index in [1.807, 2.05) is 29.8 Å². The molecule has 2 fully saturated rings. The number of rotatable bonds is 7. The van der Waals surface area contributed by atoms with Crippen molar-refractivity contribution < 1.29 is 13.2 Å². The molecule has 10 heteroatoms. The van der Waals surface area contributed by atoms with E-state index in [-0.39, 0.29) is 11.6 Å². The highest BCUT2D eigenvalue weighted by Crippen LogP contribution is 2.43. The molecule has 2 N–H and O–H groups in total. The molecule has 3 heterocycles. The van der Waals surface area contributed by atoms with E-state index in [1.54, 1.807) is 24.5 Å². The summed E-state index contributed by atoms with van der Waals surface area (Å²) in [7, 11) is 1.94. The molecule has 0 spiro atoms. The Bertz CT molecular complexity index is 1160. The highest BCUT2D eigenvalue weighted by atomic mass is 32.2. The van der Waals surface area contributed by atoms with Crippen LogP contribution in [0.1, 0.15) is 49.4 Å². The quantitative estimate of drug-likeness (QED) is 0.459. The molecule has 1 saturated carbocycles. The number of hydrogen-bond acceptors (Lipinski definition) is 6. The van der Waals surface area contributed by atoms with Gasteiger partial charge in [0.25, 0.3) is 0 Å². The lowest BCUT2D eigenvalue weighted by Crippen LogP contribution is -2.29. The normalized spacial score (nSPS) is 21.4. The first-order chi connectivity index (χ1) is 17.4. The van der Waals surface area contributed by atoms with Gasteiger partial charge in [0.15, 0.2) is 0 Å². The van der Waals surface area contributed by atoms with Crippen molar-refractivity contribution in [2.75, 3.05) is 24.2 Å². The fraction of sp³-hybridized carbons (Fsp3) is 0.462. The van der Waals surface area contributed by atoms with E-state index in [4.69, 9.17) is 0 Å². The van der Waals surface area contributed by atoms with Gasteiger partial charge in [-0.05, 0) is 60.9 Å². The number of alkyl halides is 3. The Kier molecular flexibility index (Phi) is 7.43. The van der Waals surface area contributed by atoms with Crippen LogP contribution in [0.3, 0.4) is 0 Å². The van der Waals surface area contributed by atoms with Crippen LogP contribution in [0.25, 0.3) is 0 Å².